The van der Waals surface area contributed by atoms with Gasteiger partial charge in [-0.25, -0.2) is 4.99 Å². The number of benzene rings is 1. The van der Waals surface area contributed by atoms with E-state index in [-0.39, 0.29) is 0 Å². The van der Waals surface area contributed by atoms with Gasteiger partial charge in [0, 0.05) is 23.4 Å². The summed E-state index contributed by atoms with van der Waals surface area (Å²) in [5, 5.41) is 0.424. The number of anilines is 1. The minimum absolute atomic E-state index is 0.322. The summed E-state index contributed by atoms with van der Waals surface area (Å²) in [4.78, 5) is 4.06. The highest BCUT2D eigenvalue weighted by Gasteiger charge is 2.21. The molecule has 1 aliphatic rings. The normalized spacial score (nSPS) is 14.2. The van der Waals surface area contributed by atoms with Gasteiger partial charge in [-0.05, 0) is 6.07 Å². The van der Waals surface area contributed by atoms with E-state index >= 15 is 0 Å². The van der Waals surface area contributed by atoms with Gasteiger partial charge >= 0.3 is 0 Å². The first-order chi connectivity index (χ1) is 7.67. The minimum atomic E-state index is 0.322. The van der Waals surface area contributed by atoms with Gasteiger partial charge in [0.1, 0.15) is 11.8 Å². The summed E-state index contributed by atoms with van der Waals surface area (Å²) >= 11 is 12.0. The zero-order valence-corrected chi connectivity index (χ0v) is 10.3. The van der Waals surface area contributed by atoms with Crippen molar-refractivity contribution in [3.8, 4) is 11.5 Å². The highest BCUT2D eigenvalue weighted by molar-refractivity contribution is 6.70. The quantitative estimate of drug-likeness (QED) is 0.767. The average Bonchev–Trinajstić information content (AvgIpc) is 2.32. The predicted molar refractivity (Wildman–Crippen MR) is 65.1 cm³/mol. The maximum absolute atomic E-state index is 6.01. The van der Waals surface area contributed by atoms with E-state index in [4.69, 9.17) is 32.9 Å². The number of ether oxygens (including phenoxy) is 2. The lowest BCUT2D eigenvalue weighted by Gasteiger charge is -2.23. The minimum Gasteiger partial charge on any atom is -0.493 e. The van der Waals surface area contributed by atoms with E-state index in [0.29, 0.717) is 23.3 Å². The van der Waals surface area contributed by atoms with Crippen LogP contribution in [0.2, 0.25) is 0 Å². The number of hydrogen-bond acceptors (Lipinski definition) is 4. The lowest BCUT2D eigenvalue weighted by Crippen LogP contribution is -2.19. The Morgan fingerprint density at radius 1 is 1.25 bits per heavy atom. The van der Waals surface area contributed by atoms with Crippen molar-refractivity contribution in [3.05, 3.63) is 17.7 Å². The molecule has 0 spiro atoms. The molecule has 0 N–H and O–H groups in total. The van der Waals surface area contributed by atoms with Crippen molar-refractivity contribution >= 4 is 34.2 Å². The first kappa shape index (κ1) is 11.4. The smallest absolute Gasteiger partial charge is 0.162 e. The second kappa shape index (κ2) is 4.39. The lowest BCUT2D eigenvalue weighted by atomic mass is 10.1. The van der Waals surface area contributed by atoms with Crippen LogP contribution in [0.15, 0.2) is 17.1 Å². The van der Waals surface area contributed by atoms with Gasteiger partial charge in [-0.2, -0.15) is 0 Å². The predicted octanol–water partition coefficient (Wildman–Crippen LogP) is 2.62. The van der Waals surface area contributed by atoms with E-state index in [1.807, 2.05) is 0 Å². The molecule has 86 valence electrons. The van der Waals surface area contributed by atoms with Crippen molar-refractivity contribution in [1.29, 1.82) is 0 Å². The molecule has 0 radical (unpaired) electrons. The molecule has 0 aliphatic carbocycles. The second-order valence-electron chi connectivity index (χ2n) is 3.18. The molecular formula is C10H10Cl2N2O2. The van der Waals surface area contributed by atoms with Crippen LogP contribution in [0.1, 0.15) is 5.56 Å². The molecule has 0 unspecified atom stereocenters. The average molecular weight is 261 g/mol. The SMILES string of the molecule is COc1cc2c(cc1OC)N(Cl)CN=C2Cl. The van der Waals surface area contributed by atoms with Crippen LogP contribution in [0, 0.1) is 0 Å². The second-order valence-corrected chi connectivity index (χ2v) is 3.94. The fraction of sp³-hybridized carbons (Fsp3) is 0.300. The van der Waals surface area contributed by atoms with Crippen LogP contribution < -0.4 is 13.9 Å². The maximum atomic E-state index is 6.01. The summed E-state index contributed by atoms with van der Waals surface area (Å²) in [6, 6.07) is 3.53. The largest absolute Gasteiger partial charge is 0.493 e. The van der Waals surface area contributed by atoms with Gasteiger partial charge in [-0.15, -0.1) is 0 Å². The number of rotatable bonds is 2. The third-order valence-corrected chi connectivity index (χ3v) is 2.93. The Bertz CT molecular complexity index is 449. The maximum Gasteiger partial charge on any atom is 0.162 e. The fourth-order valence-electron chi connectivity index (χ4n) is 1.52. The molecule has 4 nitrogen and oxygen atoms in total. The first-order valence-corrected chi connectivity index (χ1v) is 5.28. The highest BCUT2D eigenvalue weighted by Crippen LogP contribution is 2.38. The van der Waals surface area contributed by atoms with Crippen molar-refractivity contribution in [1.82, 2.24) is 0 Å². The molecule has 0 saturated heterocycles. The van der Waals surface area contributed by atoms with Crippen LogP contribution in [0.25, 0.3) is 0 Å². The van der Waals surface area contributed by atoms with E-state index in [1.165, 1.54) is 4.42 Å². The molecular weight excluding hydrogens is 251 g/mol. The molecule has 0 bridgehead atoms. The first-order valence-electron chi connectivity index (χ1n) is 4.57. The van der Waals surface area contributed by atoms with Gasteiger partial charge in [0.15, 0.2) is 11.5 Å². The highest BCUT2D eigenvalue weighted by atomic mass is 35.5. The molecule has 1 heterocycles. The summed E-state index contributed by atoms with van der Waals surface area (Å²) < 4.78 is 11.9. The number of aliphatic imine (C=N–C) groups is 1. The molecule has 0 amide bonds. The summed E-state index contributed by atoms with van der Waals surface area (Å²) in [6.45, 7) is 0.322. The van der Waals surface area contributed by atoms with Gasteiger partial charge in [0.25, 0.3) is 0 Å². The Hall–Kier alpha value is -1.13. The molecule has 6 heteroatoms. The van der Waals surface area contributed by atoms with Crippen LogP contribution in [0.4, 0.5) is 5.69 Å². The van der Waals surface area contributed by atoms with Crippen molar-refractivity contribution in [2.24, 2.45) is 4.99 Å². The van der Waals surface area contributed by atoms with Crippen LogP contribution >= 0.6 is 23.4 Å². The molecule has 0 atom stereocenters. The Labute approximate surface area is 103 Å². The zero-order chi connectivity index (χ0) is 11.7. The Kier molecular flexibility index (Phi) is 3.12. The summed E-state index contributed by atoms with van der Waals surface area (Å²) in [6.07, 6.45) is 0. The van der Waals surface area contributed by atoms with E-state index in [2.05, 4.69) is 4.99 Å². The molecule has 0 fully saturated rings. The van der Waals surface area contributed by atoms with Gasteiger partial charge in [0.05, 0.1) is 19.9 Å². The summed E-state index contributed by atoms with van der Waals surface area (Å²) in [7, 11) is 3.14. The molecule has 16 heavy (non-hydrogen) atoms. The molecule has 1 aromatic carbocycles. The number of fused-ring (bicyclic) bond motifs is 1. The number of nitrogens with zero attached hydrogens (tertiary/aromatic N) is 2. The topological polar surface area (TPSA) is 34.1 Å². The molecule has 0 aromatic heterocycles. The third-order valence-electron chi connectivity index (χ3n) is 2.32. The summed E-state index contributed by atoms with van der Waals surface area (Å²) in [5.74, 6) is 1.21. The van der Waals surface area contributed by atoms with Gasteiger partial charge in [0.2, 0.25) is 0 Å². The Morgan fingerprint density at radius 2 is 1.88 bits per heavy atom. The van der Waals surface area contributed by atoms with Crippen molar-refractivity contribution in [3.63, 3.8) is 0 Å². The van der Waals surface area contributed by atoms with Crippen molar-refractivity contribution < 1.29 is 9.47 Å². The van der Waals surface area contributed by atoms with Gasteiger partial charge in [-0.1, -0.05) is 11.6 Å². The van der Waals surface area contributed by atoms with Crippen LogP contribution in [-0.2, 0) is 0 Å². The molecule has 1 aliphatic heterocycles. The Balaban J connectivity index is 2.60. The van der Waals surface area contributed by atoms with Crippen LogP contribution in [0.5, 0.6) is 11.5 Å². The fourth-order valence-corrected chi connectivity index (χ4v) is 1.92. The van der Waals surface area contributed by atoms with E-state index in [9.17, 15) is 0 Å². The van der Waals surface area contributed by atoms with E-state index in [0.717, 1.165) is 11.3 Å². The zero-order valence-electron chi connectivity index (χ0n) is 8.83. The van der Waals surface area contributed by atoms with E-state index in [1.54, 1.807) is 26.4 Å². The molecule has 1 aromatic rings. The van der Waals surface area contributed by atoms with Gasteiger partial charge in [-0.3, -0.25) is 4.42 Å². The molecule has 0 saturated carbocycles. The van der Waals surface area contributed by atoms with Crippen LogP contribution in [-0.4, -0.2) is 26.1 Å². The number of halogens is 2. The van der Waals surface area contributed by atoms with Crippen molar-refractivity contribution in [2.75, 3.05) is 25.3 Å². The van der Waals surface area contributed by atoms with Crippen LogP contribution in [0.3, 0.4) is 0 Å². The van der Waals surface area contributed by atoms with Crippen molar-refractivity contribution in [2.45, 2.75) is 0 Å². The Morgan fingerprint density at radius 3 is 2.50 bits per heavy atom. The summed E-state index contributed by atoms with van der Waals surface area (Å²) in [5.41, 5.74) is 1.50. The number of hydrogen-bond donors (Lipinski definition) is 0. The third kappa shape index (κ3) is 1.79. The van der Waals surface area contributed by atoms with E-state index < -0.39 is 0 Å². The standard InChI is InChI=1S/C10H10Cl2N2O2/c1-15-8-3-6-7(4-9(8)16-2)14(12)5-13-10(6)11/h3-4H,5H2,1-2H3. The number of methoxy groups -OCH3 is 2. The lowest BCUT2D eigenvalue weighted by molar-refractivity contribution is 0.355. The monoisotopic (exact) mass is 260 g/mol. The molecule has 2 rings (SSSR count). The van der Waals surface area contributed by atoms with Gasteiger partial charge < -0.3 is 9.47 Å².